The van der Waals surface area contributed by atoms with Crippen molar-refractivity contribution in [3.8, 4) is 0 Å². The Morgan fingerprint density at radius 1 is 1.22 bits per heavy atom. The van der Waals surface area contributed by atoms with Gasteiger partial charge in [-0.25, -0.2) is 0 Å². The summed E-state index contributed by atoms with van der Waals surface area (Å²) < 4.78 is 10.7. The number of carbonyl (C=O) groups is 2. The Balaban J connectivity index is 1.80. The van der Waals surface area contributed by atoms with Crippen molar-refractivity contribution in [3.63, 3.8) is 0 Å². The molecule has 0 radical (unpaired) electrons. The number of amides is 2. The molecule has 1 saturated carbocycles. The Hall–Kier alpha value is -1.92. The van der Waals surface area contributed by atoms with Crippen molar-refractivity contribution in [2.75, 3.05) is 46.6 Å². The first-order valence-electron chi connectivity index (χ1n) is 9.95. The molecule has 6 nitrogen and oxygen atoms in total. The smallest absolute Gasteiger partial charge is 0.254 e. The average Bonchev–Trinajstić information content (AvgIpc) is 3.18. The number of carbonyl (C=O) groups excluding carboxylic acids is 2. The molecule has 0 aromatic heterocycles. The second-order valence-corrected chi connectivity index (χ2v) is 7.72. The molecular weight excluding hydrogens is 344 g/mol. The van der Waals surface area contributed by atoms with Crippen LogP contribution in [0.3, 0.4) is 0 Å². The standard InChI is InChI=1S/C21H28N2O4/c1-26-13-12-23-19(24)17-7-3-2-6-16(17)18(21(23)8-4-5-9-21)20(25)22-10-14-27-15-11-22/h2-3,6-7,18H,4-5,8-15H2,1H3. The first-order chi connectivity index (χ1) is 13.2. The zero-order chi connectivity index (χ0) is 18.9. The molecule has 1 aliphatic carbocycles. The third-order valence-corrected chi connectivity index (χ3v) is 6.38. The lowest BCUT2D eigenvalue weighted by molar-refractivity contribution is -0.141. The number of rotatable bonds is 4. The van der Waals surface area contributed by atoms with Gasteiger partial charge in [-0.3, -0.25) is 9.59 Å². The Labute approximate surface area is 160 Å². The molecule has 3 aliphatic rings. The van der Waals surface area contributed by atoms with Crippen LogP contribution in [0.1, 0.15) is 47.5 Å². The molecule has 2 amide bonds. The molecule has 1 saturated heterocycles. The van der Waals surface area contributed by atoms with Crippen LogP contribution in [-0.4, -0.2) is 73.7 Å². The molecule has 1 aromatic rings. The lowest BCUT2D eigenvalue weighted by atomic mass is 9.70. The second-order valence-electron chi connectivity index (χ2n) is 7.72. The number of nitrogens with zero attached hydrogens (tertiary/aromatic N) is 2. The third-order valence-electron chi connectivity index (χ3n) is 6.38. The minimum absolute atomic E-state index is 0.0376. The Morgan fingerprint density at radius 3 is 2.63 bits per heavy atom. The predicted molar refractivity (Wildman–Crippen MR) is 101 cm³/mol. The van der Waals surface area contributed by atoms with Crippen molar-refractivity contribution in [2.45, 2.75) is 37.1 Å². The maximum atomic E-state index is 13.7. The molecule has 2 fully saturated rings. The van der Waals surface area contributed by atoms with Crippen molar-refractivity contribution >= 4 is 11.8 Å². The van der Waals surface area contributed by atoms with Gasteiger partial charge in [-0.1, -0.05) is 31.0 Å². The van der Waals surface area contributed by atoms with Gasteiger partial charge in [0.05, 0.1) is 31.3 Å². The van der Waals surface area contributed by atoms with E-state index in [4.69, 9.17) is 9.47 Å². The van der Waals surface area contributed by atoms with Crippen molar-refractivity contribution in [2.24, 2.45) is 0 Å². The van der Waals surface area contributed by atoms with Crippen molar-refractivity contribution in [3.05, 3.63) is 35.4 Å². The number of fused-ring (bicyclic) bond motifs is 1. The average molecular weight is 372 g/mol. The number of methoxy groups -OCH3 is 1. The summed E-state index contributed by atoms with van der Waals surface area (Å²) in [5, 5.41) is 0. The van der Waals surface area contributed by atoms with Crippen LogP contribution in [0.4, 0.5) is 0 Å². The maximum Gasteiger partial charge on any atom is 0.254 e. The molecule has 0 bridgehead atoms. The number of hydrogen-bond donors (Lipinski definition) is 0. The zero-order valence-electron chi connectivity index (χ0n) is 16.0. The normalized spacial score (nSPS) is 24.3. The van der Waals surface area contributed by atoms with E-state index in [9.17, 15) is 9.59 Å². The van der Waals surface area contributed by atoms with Gasteiger partial charge in [0.15, 0.2) is 0 Å². The van der Waals surface area contributed by atoms with Crippen LogP contribution >= 0.6 is 0 Å². The second kappa shape index (κ2) is 7.60. The van der Waals surface area contributed by atoms with Gasteiger partial charge >= 0.3 is 0 Å². The fourth-order valence-electron chi connectivity index (χ4n) is 5.12. The molecule has 1 unspecified atom stereocenters. The summed E-state index contributed by atoms with van der Waals surface area (Å²) in [4.78, 5) is 30.9. The quantitative estimate of drug-likeness (QED) is 0.812. The Bertz CT molecular complexity index is 708. The van der Waals surface area contributed by atoms with Gasteiger partial charge in [0, 0.05) is 32.3 Å². The number of morpholine rings is 1. The number of benzene rings is 1. The van der Waals surface area contributed by atoms with Gasteiger partial charge in [0.1, 0.15) is 0 Å². The van der Waals surface area contributed by atoms with Gasteiger partial charge < -0.3 is 19.3 Å². The molecule has 146 valence electrons. The molecule has 6 heteroatoms. The van der Waals surface area contributed by atoms with E-state index in [1.54, 1.807) is 7.11 Å². The van der Waals surface area contributed by atoms with Gasteiger partial charge in [-0.15, -0.1) is 0 Å². The first kappa shape index (κ1) is 18.4. The lowest BCUT2D eigenvalue weighted by Gasteiger charge is -2.51. The van der Waals surface area contributed by atoms with Gasteiger partial charge in [0.2, 0.25) is 5.91 Å². The highest BCUT2D eigenvalue weighted by molar-refractivity contribution is 6.02. The van der Waals surface area contributed by atoms with E-state index in [0.717, 1.165) is 31.2 Å². The predicted octanol–water partition coefficient (Wildman–Crippen LogP) is 2.04. The molecule has 1 spiro atoms. The Morgan fingerprint density at radius 2 is 1.93 bits per heavy atom. The van der Waals surface area contributed by atoms with E-state index in [1.807, 2.05) is 34.1 Å². The summed E-state index contributed by atoms with van der Waals surface area (Å²) >= 11 is 0. The topological polar surface area (TPSA) is 59.1 Å². The van der Waals surface area contributed by atoms with E-state index >= 15 is 0 Å². The van der Waals surface area contributed by atoms with E-state index < -0.39 is 5.54 Å². The van der Waals surface area contributed by atoms with Crippen LogP contribution < -0.4 is 0 Å². The first-order valence-corrected chi connectivity index (χ1v) is 9.95. The van der Waals surface area contributed by atoms with Crippen LogP contribution in [0.5, 0.6) is 0 Å². The Kier molecular flexibility index (Phi) is 5.19. The summed E-state index contributed by atoms with van der Waals surface area (Å²) in [6.07, 6.45) is 3.84. The van der Waals surface area contributed by atoms with E-state index in [-0.39, 0.29) is 17.7 Å². The van der Waals surface area contributed by atoms with Crippen LogP contribution in [-0.2, 0) is 14.3 Å². The third kappa shape index (κ3) is 3.05. The van der Waals surface area contributed by atoms with Crippen LogP contribution in [0.25, 0.3) is 0 Å². The van der Waals surface area contributed by atoms with Crippen LogP contribution in [0, 0.1) is 0 Å². The minimum Gasteiger partial charge on any atom is -0.383 e. The molecule has 2 aliphatic heterocycles. The van der Waals surface area contributed by atoms with E-state index in [0.29, 0.717) is 45.0 Å². The van der Waals surface area contributed by atoms with Gasteiger partial charge in [0.25, 0.3) is 5.91 Å². The van der Waals surface area contributed by atoms with Gasteiger partial charge in [-0.2, -0.15) is 0 Å². The highest BCUT2D eigenvalue weighted by atomic mass is 16.5. The largest absolute Gasteiger partial charge is 0.383 e. The van der Waals surface area contributed by atoms with Gasteiger partial charge in [-0.05, 0) is 24.5 Å². The van der Waals surface area contributed by atoms with Crippen LogP contribution in [0.15, 0.2) is 24.3 Å². The maximum absolute atomic E-state index is 13.7. The van der Waals surface area contributed by atoms with Crippen molar-refractivity contribution in [1.29, 1.82) is 0 Å². The fourth-order valence-corrected chi connectivity index (χ4v) is 5.12. The van der Waals surface area contributed by atoms with Crippen molar-refractivity contribution < 1.29 is 19.1 Å². The lowest BCUT2D eigenvalue weighted by Crippen LogP contribution is -2.62. The summed E-state index contributed by atoms with van der Waals surface area (Å²) in [7, 11) is 1.65. The number of hydrogen-bond acceptors (Lipinski definition) is 4. The number of ether oxygens (including phenoxy) is 2. The molecular formula is C21H28N2O4. The summed E-state index contributed by atoms with van der Waals surface area (Å²) in [6.45, 7) is 3.42. The monoisotopic (exact) mass is 372 g/mol. The molecule has 4 rings (SSSR count). The zero-order valence-corrected chi connectivity index (χ0v) is 16.0. The molecule has 1 aromatic carbocycles. The van der Waals surface area contributed by atoms with Crippen molar-refractivity contribution in [1.82, 2.24) is 9.80 Å². The summed E-state index contributed by atoms with van der Waals surface area (Å²) in [5.74, 6) is -0.123. The minimum atomic E-state index is -0.431. The van der Waals surface area contributed by atoms with E-state index in [2.05, 4.69) is 0 Å². The summed E-state index contributed by atoms with van der Waals surface area (Å²) in [6, 6.07) is 7.66. The highest BCUT2D eigenvalue weighted by Gasteiger charge is 2.56. The van der Waals surface area contributed by atoms with E-state index in [1.165, 1.54) is 0 Å². The molecule has 2 heterocycles. The SMILES string of the molecule is COCCN1C(=O)c2ccccc2C(C(=O)N2CCOCC2)C12CCCC2. The fraction of sp³-hybridized carbons (Fsp3) is 0.619. The molecule has 0 N–H and O–H groups in total. The highest BCUT2D eigenvalue weighted by Crippen LogP contribution is 2.50. The molecule has 27 heavy (non-hydrogen) atoms. The summed E-state index contributed by atoms with van der Waals surface area (Å²) in [5.41, 5.74) is 1.13. The van der Waals surface area contributed by atoms with Crippen LogP contribution in [0.2, 0.25) is 0 Å². The molecule has 1 atom stereocenters.